The summed E-state index contributed by atoms with van der Waals surface area (Å²) in [5.74, 6) is 0.846. The Morgan fingerprint density at radius 3 is 2.88 bits per heavy atom. The van der Waals surface area contributed by atoms with Gasteiger partial charge in [-0.25, -0.2) is 4.98 Å². The van der Waals surface area contributed by atoms with E-state index >= 15 is 0 Å². The van der Waals surface area contributed by atoms with Crippen LogP contribution >= 0.6 is 34.5 Å². The molecule has 3 nitrogen and oxygen atoms in total. The first-order chi connectivity index (χ1) is 8.11. The monoisotopic (exact) mass is 290 g/mol. The summed E-state index contributed by atoms with van der Waals surface area (Å²) in [4.78, 5) is 4.22. The number of nitrogens with zero attached hydrogens (tertiary/aromatic N) is 2. The van der Waals surface area contributed by atoms with Crippen molar-refractivity contribution < 1.29 is 5.11 Å². The molecular formula is C11H12Cl2N2OS. The van der Waals surface area contributed by atoms with Crippen molar-refractivity contribution in [1.29, 1.82) is 0 Å². The van der Waals surface area contributed by atoms with Gasteiger partial charge in [0.15, 0.2) is 0 Å². The molecule has 2 heterocycles. The number of aliphatic hydroxyl groups excluding tert-OH is 1. The number of imidazole rings is 1. The molecule has 1 N–H and O–H groups in total. The highest BCUT2D eigenvalue weighted by Gasteiger charge is 2.17. The van der Waals surface area contributed by atoms with Gasteiger partial charge in [0.1, 0.15) is 10.2 Å². The fourth-order valence-corrected chi connectivity index (χ4v) is 3.25. The minimum absolute atomic E-state index is 0.438. The molecule has 0 aliphatic carbocycles. The van der Waals surface area contributed by atoms with Crippen LogP contribution in [-0.2, 0) is 13.0 Å². The fourth-order valence-electron chi connectivity index (χ4n) is 1.68. The number of hydrogen-bond acceptors (Lipinski definition) is 3. The first-order valence-corrected chi connectivity index (χ1v) is 6.81. The van der Waals surface area contributed by atoms with Crippen LogP contribution in [0.15, 0.2) is 18.5 Å². The first-order valence-electron chi connectivity index (χ1n) is 5.24. The van der Waals surface area contributed by atoms with Gasteiger partial charge in [0.2, 0.25) is 0 Å². The number of hydrogen-bond donors (Lipinski definition) is 1. The maximum absolute atomic E-state index is 10.1. The Morgan fingerprint density at radius 2 is 2.29 bits per heavy atom. The standard InChI is InChI=1S/C11H12Cl2N2OS/c1-2-15-4-3-14-10(15)6-8(16)7-5-9(12)17-11(7)13/h3-5,8,16H,2,6H2,1H3. The third kappa shape index (κ3) is 2.83. The lowest BCUT2D eigenvalue weighted by molar-refractivity contribution is 0.175. The number of rotatable bonds is 4. The van der Waals surface area contributed by atoms with Crippen LogP contribution in [0.5, 0.6) is 0 Å². The molecule has 0 bridgehead atoms. The van der Waals surface area contributed by atoms with Gasteiger partial charge in [-0.3, -0.25) is 0 Å². The molecule has 1 unspecified atom stereocenters. The van der Waals surface area contributed by atoms with Crippen molar-refractivity contribution in [3.8, 4) is 0 Å². The zero-order valence-corrected chi connectivity index (χ0v) is 11.6. The second kappa shape index (κ2) is 5.40. The van der Waals surface area contributed by atoms with E-state index in [1.807, 2.05) is 17.7 Å². The van der Waals surface area contributed by atoms with Crippen molar-refractivity contribution in [3.63, 3.8) is 0 Å². The van der Waals surface area contributed by atoms with E-state index < -0.39 is 6.10 Å². The second-order valence-corrected chi connectivity index (χ2v) is 5.91. The normalized spacial score (nSPS) is 12.9. The smallest absolute Gasteiger partial charge is 0.111 e. The van der Waals surface area contributed by atoms with Crippen LogP contribution in [0.2, 0.25) is 8.67 Å². The summed E-state index contributed by atoms with van der Waals surface area (Å²) in [6, 6.07) is 1.71. The van der Waals surface area contributed by atoms with E-state index in [4.69, 9.17) is 23.2 Å². The zero-order chi connectivity index (χ0) is 12.4. The predicted molar refractivity (Wildman–Crippen MR) is 70.9 cm³/mol. The molecule has 0 saturated carbocycles. The van der Waals surface area contributed by atoms with Crippen molar-refractivity contribution >= 4 is 34.5 Å². The number of aliphatic hydroxyl groups is 1. The van der Waals surface area contributed by atoms with Gasteiger partial charge in [-0.05, 0) is 13.0 Å². The molecule has 2 rings (SSSR count). The van der Waals surface area contributed by atoms with E-state index in [1.165, 1.54) is 11.3 Å². The third-order valence-corrected chi connectivity index (χ3v) is 4.08. The van der Waals surface area contributed by atoms with Crippen LogP contribution in [0, 0.1) is 0 Å². The molecule has 6 heteroatoms. The average Bonchev–Trinajstić information content (AvgIpc) is 2.84. The Bertz CT molecular complexity index is 509. The topological polar surface area (TPSA) is 38.0 Å². The van der Waals surface area contributed by atoms with Crippen molar-refractivity contribution in [2.75, 3.05) is 0 Å². The molecule has 0 fully saturated rings. The lowest BCUT2D eigenvalue weighted by atomic mass is 10.1. The number of aryl methyl sites for hydroxylation is 1. The highest BCUT2D eigenvalue weighted by Crippen LogP contribution is 2.35. The van der Waals surface area contributed by atoms with Gasteiger partial charge in [-0.15, -0.1) is 11.3 Å². The van der Waals surface area contributed by atoms with Crippen molar-refractivity contribution in [2.45, 2.75) is 26.0 Å². The molecule has 0 aromatic carbocycles. The summed E-state index contributed by atoms with van der Waals surface area (Å²) in [6.07, 6.45) is 3.39. The predicted octanol–water partition coefficient (Wildman–Crippen LogP) is 3.55. The molecule has 92 valence electrons. The Morgan fingerprint density at radius 1 is 1.53 bits per heavy atom. The van der Waals surface area contributed by atoms with Gasteiger partial charge in [-0.1, -0.05) is 23.2 Å². The average molecular weight is 291 g/mol. The second-order valence-electron chi connectivity index (χ2n) is 3.63. The van der Waals surface area contributed by atoms with E-state index in [-0.39, 0.29) is 0 Å². The van der Waals surface area contributed by atoms with Gasteiger partial charge in [0.05, 0.1) is 10.4 Å². The molecule has 2 aromatic heterocycles. The van der Waals surface area contributed by atoms with Gasteiger partial charge in [0, 0.05) is 30.9 Å². The molecule has 0 amide bonds. The van der Waals surface area contributed by atoms with Crippen LogP contribution in [0.4, 0.5) is 0 Å². The Balaban J connectivity index is 2.17. The Kier molecular flexibility index (Phi) is 4.09. The molecule has 17 heavy (non-hydrogen) atoms. The summed E-state index contributed by atoms with van der Waals surface area (Å²) in [5, 5.41) is 10.1. The Labute approximate surface area is 114 Å². The van der Waals surface area contributed by atoms with Gasteiger partial charge in [-0.2, -0.15) is 0 Å². The van der Waals surface area contributed by atoms with Crippen molar-refractivity contribution in [1.82, 2.24) is 9.55 Å². The quantitative estimate of drug-likeness (QED) is 0.935. The summed E-state index contributed by atoms with van der Waals surface area (Å²) < 4.78 is 3.12. The third-order valence-electron chi connectivity index (χ3n) is 2.56. The van der Waals surface area contributed by atoms with E-state index in [2.05, 4.69) is 4.98 Å². The minimum Gasteiger partial charge on any atom is -0.388 e. The molecule has 0 radical (unpaired) electrons. The van der Waals surface area contributed by atoms with E-state index in [0.717, 1.165) is 12.4 Å². The lowest BCUT2D eigenvalue weighted by Crippen LogP contribution is -2.07. The number of aromatic nitrogens is 2. The minimum atomic E-state index is -0.668. The summed E-state index contributed by atoms with van der Waals surface area (Å²) in [5.41, 5.74) is 0.673. The first kappa shape index (κ1) is 12.9. The molecule has 0 aliphatic rings. The maximum Gasteiger partial charge on any atom is 0.111 e. The fraction of sp³-hybridized carbons (Fsp3) is 0.364. The lowest BCUT2D eigenvalue weighted by Gasteiger charge is -2.10. The number of thiophene rings is 1. The maximum atomic E-state index is 10.1. The van der Waals surface area contributed by atoms with Gasteiger partial charge in [0.25, 0.3) is 0 Å². The largest absolute Gasteiger partial charge is 0.388 e. The van der Waals surface area contributed by atoms with Crippen molar-refractivity contribution in [2.24, 2.45) is 0 Å². The Hall–Kier alpha value is -0.550. The van der Waals surface area contributed by atoms with Gasteiger partial charge >= 0.3 is 0 Å². The van der Waals surface area contributed by atoms with E-state index in [1.54, 1.807) is 12.3 Å². The summed E-state index contributed by atoms with van der Waals surface area (Å²) >= 11 is 13.1. The zero-order valence-electron chi connectivity index (χ0n) is 9.23. The van der Waals surface area contributed by atoms with Crippen LogP contribution in [0.1, 0.15) is 24.4 Å². The molecule has 2 aromatic rings. The summed E-state index contributed by atoms with van der Waals surface area (Å²) in [7, 11) is 0. The highest BCUT2D eigenvalue weighted by atomic mass is 35.5. The van der Waals surface area contributed by atoms with E-state index in [9.17, 15) is 5.11 Å². The van der Waals surface area contributed by atoms with Crippen molar-refractivity contribution in [3.05, 3.63) is 38.5 Å². The van der Waals surface area contributed by atoms with Gasteiger partial charge < -0.3 is 9.67 Å². The van der Waals surface area contributed by atoms with Crippen LogP contribution in [0.3, 0.4) is 0 Å². The highest BCUT2D eigenvalue weighted by molar-refractivity contribution is 7.20. The van der Waals surface area contributed by atoms with Crippen LogP contribution in [-0.4, -0.2) is 14.7 Å². The molecule has 1 atom stereocenters. The molecule has 0 spiro atoms. The van der Waals surface area contributed by atoms with E-state index in [0.29, 0.717) is 20.7 Å². The SMILES string of the molecule is CCn1ccnc1CC(O)c1cc(Cl)sc1Cl. The molecule has 0 aliphatic heterocycles. The van der Waals surface area contributed by atoms with Crippen LogP contribution < -0.4 is 0 Å². The van der Waals surface area contributed by atoms with Crippen LogP contribution in [0.25, 0.3) is 0 Å². The summed E-state index contributed by atoms with van der Waals surface area (Å²) in [6.45, 7) is 2.87. The molecular weight excluding hydrogens is 279 g/mol. The number of halogens is 2. The molecule has 0 saturated heterocycles.